The number of rotatable bonds is 3. The van der Waals surface area contributed by atoms with Crippen LogP contribution in [0.4, 0.5) is 0 Å². The molecule has 0 amide bonds. The molecule has 0 heterocycles. The molecule has 1 saturated carbocycles. The maximum absolute atomic E-state index is 5.98. The molecule has 13 heavy (non-hydrogen) atoms. The van der Waals surface area contributed by atoms with E-state index in [0.29, 0.717) is 22.6 Å². The average molecular weight is 199 g/mol. The number of benzene rings is 1. The molecule has 1 fully saturated rings. The normalized spacial score (nSPS) is 15.5. The van der Waals surface area contributed by atoms with Crippen LogP contribution in [0, 0.1) is 0 Å². The smallest absolute Gasteiger partial charge is 0.180 e. The Hall–Kier alpha value is -0.890. The van der Waals surface area contributed by atoms with Gasteiger partial charge in [0.25, 0.3) is 0 Å². The molecule has 70 valence electrons. The number of para-hydroxylation sites is 1. The van der Waals surface area contributed by atoms with E-state index in [0.717, 1.165) is 12.8 Å². The minimum Gasteiger partial charge on any atom is -0.493 e. The second-order valence-electron chi connectivity index (χ2n) is 3.09. The number of methoxy groups -OCH3 is 1. The molecule has 1 aromatic rings. The molecular weight excluding hydrogens is 188 g/mol. The van der Waals surface area contributed by atoms with Gasteiger partial charge in [-0.05, 0) is 25.0 Å². The minimum absolute atomic E-state index is 0.341. The van der Waals surface area contributed by atoms with Gasteiger partial charge in [-0.1, -0.05) is 17.7 Å². The van der Waals surface area contributed by atoms with Crippen molar-refractivity contribution in [1.29, 1.82) is 0 Å². The molecule has 1 aliphatic rings. The Labute approximate surface area is 82.4 Å². The summed E-state index contributed by atoms with van der Waals surface area (Å²) in [6.45, 7) is 0. The molecule has 1 aromatic carbocycles. The molecule has 0 spiro atoms. The molecule has 1 aliphatic carbocycles. The summed E-state index contributed by atoms with van der Waals surface area (Å²) in [5.41, 5.74) is 0. The molecule has 2 nitrogen and oxygen atoms in total. The Morgan fingerprint density at radius 2 is 2.15 bits per heavy atom. The van der Waals surface area contributed by atoms with Gasteiger partial charge in [0.1, 0.15) is 0 Å². The predicted octanol–water partition coefficient (Wildman–Crippen LogP) is 2.89. The van der Waals surface area contributed by atoms with Crippen LogP contribution in [0.15, 0.2) is 18.2 Å². The second kappa shape index (κ2) is 3.46. The number of hydrogen-bond donors (Lipinski definition) is 0. The third kappa shape index (κ3) is 1.89. The summed E-state index contributed by atoms with van der Waals surface area (Å²) in [6.07, 6.45) is 2.58. The summed E-state index contributed by atoms with van der Waals surface area (Å²) in [6, 6.07) is 5.51. The molecule has 0 aliphatic heterocycles. The number of ether oxygens (including phenoxy) is 2. The summed E-state index contributed by atoms with van der Waals surface area (Å²) in [7, 11) is 1.62. The maximum Gasteiger partial charge on any atom is 0.180 e. The van der Waals surface area contributed by atoms with Crippen molar-refractivity contribution < 1.29 is 9.47 Å². The van der Waals surface area contributed by atoms with Crippen molar-refractivity contribution in [2.75, 3.05) is 7.11 Å². The molecule has 3 heteroatoms. The summed E-state index contributed by atoms with van der Waals surface area (Å²) in [5.74, 6) is 1.38. The van der Waals surface area contributed by atoms with Crippen molar-refractivity contribution in [3.63, 3.8) is 0 Å². The van der Waals surface area contributed by atoms with Crippen LogP contribution in [-0.4, -0.2) is 13.2 Å². The quantitative estimate of drug-likeness (QED) is 0.744. The van der Waals surface area contributed by atoms with Gasteiger partial charge < -0.3 is 9.47 Å². The SMILES string of the molecule is COc1cccc(Cl)c1OC1CC1. The first-order valence-electron chi connectivity index (χ1n) is 4.30. The minimum atomic E-state index is 0.341. The highest BCUT2D eigenvalue weighted by Crippen LogP contribution is 2.38. The Morgan fingerprint density at radius 1 is 1.38 bits per heavy atom. The van der Waals surface area contributed by atoms with Crippen LogP contribution in [0.25, 0.3) is 0 Å². The van der Waals surface area contributed by atoms with Gasteiger partial charge in [-0.3, -0.25) is 0 Å². The lowest BCUT2D eigenvalue weighted by Crippen LogP contribution is -1.98. The van der Waals surface area contributed by atoms with Crippen molar-refractivity contribution in [2.45, 2.75) is 18.9 Å². The maximum atomic E-state index is 5.98. The fraction of sp³-hybridized carbons (Fsp3) is 0.400. The molecule has 0 radical (unpaired) electrons. The van der Waals surface area contributed by atoms with E-state index in [2.05, 4.69) is 0 Å². The van der Waals surface area contributed by atoms with Gasteiger partial charge in [-0.15, -0.1) is 0 Å². The molecule has 0 atom stereocenters. The monoisotopic (exact) mass is 198 g/mol. The zero-order valence-corrected chi connectivity index (χ0v) is 8.17. The summed E-state index contributed by atoms with van der Waals surface area (Å²) in [4.78, 5) is 0. The third-order valence-corrected chi connectivity index (χ3v) is 2.26. The summed E-state index contributed by atoms with van der Waals surface area (Å²) < 4.78 is 10.8. The standard InChI is InChI=1S/C10H11ClO2/c1-12-9-4-2-3-8(11)10(9)13-7-5-6-7/h2-4,7H,5-6H2,1H3. The first-order valence-corrected chi connectivity index (χ1v) is 4.68. The highest BCUT2D eigenvalue weighted by molar-refractivity contribution is 6.32. The largest absolute Gasteiger partial charge is 0.493 e. The van der Waals surface area contributed by atoms with E-state index in [1.807, 2.05) is 18.2 Å². The predicted molar refractivity (Wildman–Crippen MR) is 51.7 cm³/mol. The van der Waals surface area contributed by atoms with E-state index in [-0.39, 0.29) is 0 Å². The Morgan fingerprint density at radius 3 is 2.77 bits per heavy atom. The molecule has 2 rings (SSSR count). The fourth-order valence-electron chi connectivity index (χ4n) is 1.12. The van der Waals surface area contributed by atoms with E-state index >= 15 is 0 Å². The van der Waals surface area contributed by atoms with Gasteiger partial charge in [0.15, 0.2) is 11.5 Å². The molecule has 0 bridgehead atoms. The van der Waals surface area contributed by atoms with Gasteiger partial charge in [-0.25, -0.2) is 0 Å². The van der Waals surface area contributed by atoms with E-state index in [1.54, 1.807) is 7.11 Å². The van der Waals surface area contributed by atoms with Crippen LogP contribution >= 0.6 is 11.6 Å². The van der Waals surface area contributed by atoms with Crippen LogP contribution in [0.2, 0.25) is 5.02 Å². The van der Waals surface area contributed by atoms with Crippen molar-refractivity contribution in [3.8, 4) is 11.5 Å². The van der Waals surface area contributed by atoms with Gasteiger partial charge in [0, 0.05) is 0 Å². The van der Waals surface area contributed by atoms with Crippen LogP contribution in [0.1, 0.15) is 12.8 Å². The van der Waals surface area contributed by atoms with Crippen LogP contribution in [0.3, 0.4) is 0 Å². The summed E-state index contributed by atoms with van der Waals surface area (Å²) in [5, 5.41) is 0.617. The van der Waals surface area contributed by atoms with Crippen LogP contribution < -0.4 is 9.47 Å². The van der Waals surface area contributed by atoms with Gasteiger partial charge in [-0.2, -0.15) is 0 Å². The zero-order valence-electron chi connectivity index (χ0n) is 7.42. The van der Waals surface area contributed by atoms with Crippen LogP contribution in [-0.2, 0) is 0 Å². The van der Waals surface area contributed by atoms with E-state index in [1.165, 1.54) is 0 Å². The van der Waals surface area contributed by atoms with Gasteiger partial charge >= 0.3 is 0 Å². The topological polar surface area (TPSA) is 18.5 Å². The average Bonchev–Trinajstić information content (AvgIpc) is 2.92. The highest BCUT2D eigenvalue weighted by atomic mass is 35.5. The number of hydrogen-bond acceptors (Lipinski definition) is 2. The van der Waals surface area contributed by atoms with E-state index in [9.17, 15) is 0 Å². The fourth-order valence-corrected chi connectivity index (χ4v) is 1.33. The Bertz CT molecular complexity index is 308. The lowest BCUT2D eigenvalue weighted by atomic mass is 10.3. The molecule has 0 saturated heterocycles. The highest BCUT2D eigenvalue weighted by Gasteiger charge is 2.25. The van der Waals surface area contributed by atoms with Gasteiger partial charge in [0.05, 0.1) is 18.2 Å². The Balaban J connectivity index is 2.27. The van der Waals surface area contributed by atoms with Crippen LogP contribution in [0.5, 0.6) is 11.5 Å². The third-order valence-electron chi connectivity index (χ3n) is 1.96. The first-order chi connectivity index (χ1) is 6.31. The lowest BCUT2D eigenvalue weighted by Gasteiger charge is -2.10. The second-order valence-corrected chi connectivity index (χ2v) is 3.50. The van der Waals surface area contributed by atoms with E-state index < -0.39 is 0 Å². The number of halogens is 1. The zero-order chi connectivity index (χ0) is 9.26. The van der Waals surface area contributed by atoms with E-state index in [4.69, 9.17) is 21.1 Å². The van der Waals surface area contributed by atoms with Gasteiger partial charge in [0.2, 0.25) is 0 Å². The molecule has 0 aromatic heterocycles. The lowest BCUT2D eigenvalue weighted by molar-refractivity contribution is 0.282. The molecular formula is C10H11ClO2. The first kappa shape index (κ1) is 8.70. The van der Waals surface area contributed by atoms with Crippen molar-refractivity contribution in [3.05, 3.63) is 23.2 Å². The van der Waals surface area contributed by atoms with Crippen molar-refractivity contribution in [1.82, 2.24) is 0 Å². The Kier molecular flexibility index (Phi) is 2.32. The van der Waals surface area contributed by atoms with Crippen molar-refractivity contribution in [2.24, 2.45) is 0 Å². The summed E-state index contributed by atoms with van der Waals surface area (Å²) >= 11 is 5.98. The molecule has 0 unspecified atom stereocenters. The van der Waals surface area contributed by atoms with Crippen molar-refractivity contribution >= 4 is 11.6 Å². The molecule has 0 N–H and O–H groups in total.